The minimum Gasteiger partial charge on any atom is -0.310 e. The van der Waals surface area contributed by atoms with Gasteiger partial charge in [0, 0.05) is 30.7 Å². The number of hydrogen-bond donors (Lipinski definition) is 0. The zero-order chi connectivity index (χ0) is 57.3. The molecule has 296 valence electrons. The summed E-state index contributed by atoms with van der Waals surface area (Å²) in [5.41, 5.74) is 3.01. The Balaban J connectivity index is 1.11. The van der Waals surface area contributed by atoms with Crippen LogP contribution < -0.4 is 4.90 Å². The van der Waals surface area contributed by atoms with Gasteiger partial charge in [0.15, 0.2) is 0 Å². The zero-order valence-corrected chi connectivity index (χ0v) is 33.4. The molecule has 1 heteroatoms. The molecule has 0 unspecified atom stereocenters. The lowest BCUT2D eigenvalue weighted by Gasteiger charge is -2.30. The summed E-state index contributed by atoms with van der Waals surface area (Å²) >= 11 is 0. The van der Waals surface area contributed by atoms with Gasteiger partial charge in [0.05, 0.1) is 21.9 Å². The quantitative estimate of drug-likeness (QED) is 0.167. The van der Waals surface area contributed by atoms with Crippen LogP contribution in [0.25, 0.3) is 66.4 Å². The number of nitrogens with zero attached hydrogens (tertiary/aromatic N) is 1. The lowest BCUT2D eigenvalue weighted by atomic mass is 9.70. The van der Waals surface area contributed by atoms with Gasteiger partial charge in [-0.25, -0.2) is 0 Å². The van der Waals surface area contributed by atoms with Crippen LogP contribution in [-0.4, -0.2) is 0 Å². The number of hydrogen-bond acceptors (Lipinski definition) is 1. The summed E-state index contributed by atoms with van der Waals surface area (Å²) in [5.74, 6) is 0. The maximum Gasteiger partial charge on any atom is 0.0725 e. The second-order valence-electron chi connectivity index (χ2n) is 16.2. The van der Waals surface area contributed by atoms with Gasteiger partial charge >= 0.3 is 0 Å². The lowest BCUT2D eigenvalue weighted by molar-refractivity contribution is 0.660. The maximum atomic E-state index is 10.2. The van der Waals surface area contributed by atoms with E-state index in [1.54, 1.807) is 12.1 Å². The Bertz CT molecular complexity index is 4350. The molecular formula is C62H43N. The van der Waals surface area contributed by atoms with Crippen molar-refractivity contribution in [3.8, 4) is 55.6 Å². The monoisotopic (exact) mass is 819 g/mol. The number of para-hydroxylation sites is 1. The van der Waals surface area contributed by atoms with Gasteiger partial charge in [-0.3, -0.25) is 0 Å². The third kappa shape index (κ3) is 4.94. The molecule has 0 N–H and O–H groups in total. The summed E-state index contributed by atoms with van der Waals surface area (Å²) in [6.07, 6.45) is 0. The summed E-state index contributed by atoms with van der Waals surface area (Å²) < 4.78 is 164. The molecule has 0 fully saturated rings. The molecule has 0 saturated carbocycles. The highest BCUT2D eigenvalue weighted by Crippen LogP contribution is 2.64. The summed E-state index contributed by atoms with van der Waals surface area (Å²) in [6.45, 7) is -7.45. The Hall–Kier alpha value is -7.74. The van der Waals surface area contributed by atoms with Crippen LogP contribution in [0.15, 0.2) is 224 Å². The highest BCUT2D eigenvalue weighted by molar-refractivity contribution is 6.10. The van der Waals surface area contributed by atoms with E-state index < -0.39 is 131 Å². The van der Waals surface area contributed by atoms with E-state index >= 15 is 0 Å². The van der Waals surface area contributed by atoms with Crippen LogP contribution in [0.5, 0.6) is 0 Å². The smallest absolute Gasteiger partial charge is 0.0725 e. The van der Waals surface area contributed by atoms with Crippen molar-refractivity contribution in [1.29, 1.82) is 0 Å². The van der Waals surface area contributed by atoms with E-state index in [-0.39, 0.29) is 5.69 Å². The van der Waals surface area contributed by atoms with Gasteiger partial charge in [-0.15, -0.1) is 0 Å². The van der Waals surface area contributed by atoms with E-state index in [0.29, 0.717) is 11.1 Å². The second-order valence-corrected chi connectivity index (χ2v) is 16.2. The lowest BCUT2D eigenvalue weighted by Crippen LogP contribution is -2.25. The molecule has 3 aliphatic carbocycles. The molecule has 10 aromatic carbocycles. The standard InChI is InChI=1S/C62H43N/c1-61(2)53-29-12-8-24-47(53)50-37-35-44(39-58(50)61)63(42-20-4-3-5-21-42)43-22-16-19-41(38-43)46-36-34-40-18-6-7-23-45(40)59(46)52-28-17-33-57-60(52)51-27-11-15-32-56(51)62(57)54-30-13-9-25-48(54)49-26-10-14-31-55(49)62/h3-39H,1-2H3/i1D3,2D3,3D,4D,5D,8D,12D,20D,21D,24D,29D,35D,37D,39D. The first-order chi connectivity index (χ1) is 38.5. The highest BCUT2D eigenvalue weighted by Gasteiger charge is 2.52. The van der Waals surface area contributed by atoms with Crippen molar-refractivity contribution in [2.75, 3.05) is 4.90 Å². The van der Waals surface area contributed by atoms with Crippen LogP contribution in [0.3, 0.4) is 0 Å². The third-order valence-electron chi connectivity index (χ3n) is 13.1. The third-order valence-corrected chi connectivity index (χ3v) is 13.1. The molecule has 0 heterocycles. The van der Waals surface area contributed by atoms with Crippen molar-refractivity contribution in [2.24, 2.45) is 0 Å². The van der Waals surface area contributed by atoms with Crippen LogP contribution in [-0.2, 0) is 10.8 Å². The van der Waals surface area contributed by atoms with E-state index in [0.717, 1.165) is 71.3 Å². The SMILES string of the molecule is [2H]c1c([2H])c([2H])c(N(c2cccc(-c3ccc4ccccc4c3-c3cccc4c3-c3ccccc3C43c4ccccc4-c4ccccc43)c2)c2c([2H])c([2H])c3c(c2[2H])C(C([2H])([2H])[2H])(C([2H])([2H])[2H])c2c([2H])c([2H])c([2H])c([2H])c2-3)c([2H])c1[2H]. The van der Waals surface area contributed by atoms with E-state index in [4.69, 9.17) is 17.8 Å². The molecule has 3 aliphatic rings. The van der Waals surface area contributed by atoms with Crippen molar-refractivity contribution in [3.05, 3.63) is 258 Å². The minimum absolute atomic E-state index is 0.0404. The molecule has 0 bridgehead atoms. The van der Waals surface area contributed by atoms with E-state index in [9.17, 15) is 6.85 Å². The zero-order valence-electron chi connectivity index (χ0n) is 51.4. The van der Waals surface area contributed by atoms with E-state index in [1.807, 2.05) is 48.5 Å². The largest absolute Gasteiger partial charge is 0.310 e. The van der Waals surface area contributed by atoms with Crippen molar-refractivity contribution < 1.29 is 24.7 Å². The molecule has 0 radical (unpaired) electrons. The maximum absolute atomic E-state index is 10.2. The van der Waals surface area contributed by atoms with E-state index in [2.05, 4.69) is 84.9 Å². The first-order valence-electron chi connectivity index (χ1n) is 29.7. The second kappa shape index (κ2) is 13.4. The van der Waals surface area contributed by atoms with Crippen molar-refractivity contribution in [1.82, 2.24) is 0 Å². The molecule has 0 aromatic heterocycles. The predicted octanol–water partition coefficient (Wildman–Crippen LogP) is 16.3. The Labute approximate surface area is 394 Å². The molecule has 10 aromatic rings. The fourth-order valence-electron chi connectivity index (χ4n) is 10.6. The Morgan fingerprint density at radius 1 is 0.397 bits per heavy atom. The van der Waals surface area contributed by atoms with E-state index in [1.165, 1.54) is 6.07 Å². The predicted molar refractivity (Wildman–Crippen MR) is 263 cm³/mol. The highest BCUT2D eigenvalue weighted by atomic mass is 15.1. The minimum atomic E-state index is -3.73. The van der Waals surface area contributed by atoms with Gasteiger partial charge in [0.2, 0.25) is 0 Å². The number of benzene rings is 10. The van der Waals surface area contributed by atoms with Gasteiger partial charge in [0.1, 0.15) is 0 Å². The van der Waals surface area contributed by atoms with Gasteiger partial charge in [-0.2, -0.15) is 0 Å². The Morgan fingerprint density at radius 3 is 1.83 bits per heavy atom. The van der Waals surface area contributed by atoms with Crippen LogP contribution in [0, 0.1) is 0 Å². The summed E-state index contributed by atoms with van der Waals surface area (Å²) in [6, 6.07) is 39.6. The van der Waals surface area contributed by atoms with Gasteiger partial charge < -0.3 is 4.90 Å². The molecule has 63 heavy (non-hydrogen) atoms. The van der Waals surface area contributed by atoms with Crippen LogP contribution in [0.4, 0.5) is 17.1 Å². The Morgan fingerprint density at radius 2 is 1.03 bits per heavy atom. The Kier molecular flexibility index (Phi) is 4.75. The number of fused-ring (bicyclic) bond motifs is 14. The molecule has 0 aliphatic heterocycles. The molecular weight excluding hydrogens is 759 g/mol. The molecule has 13 rings (SSSR count). The van der Waals surface area contributed by atoms with Crippen molar-refractivity contribution in [3.63, 3.8) is 0 Å². The van der Waals surface area contributed by atoms with Crippen molar-refractivity contribution in [2.45, 2.75) is 24.5 Å². The fraction of sp³-hybridized carbons (Fsp3) is 0.0645. The number of rotatable bonds is 5. The first kappa shape index (κ1) is 22.4. The van der Waals surface area contributed by atoms with Gasteiger partial charge in [-0.1, -0.05) is 202 Å². The van der Waals surface area contributed by atoms with Gasteiger partial charge in [-0.05, 0) is 136 Å². The number of anilines is 3. The fourth-order valence-corrected chi connectivity index (χ4v) is 10.6. The average molecular weight is 820 g/mol. The van der Waals surface area contributed by atoms with Crippen LogP contribution >= 0.6 is 0 Å². The topological polar surface area (TPSA) is 3.24 Å². The summed E-state index contributed by atoms with van der Waals surface area (Å²) in [7, 11) is 0. The average Bonchev–Trinajstić information content (AvgIpc) is 1.74. The molecule has 0 saturated heterocycles. The van der Waals surface area contributed by atoms with Crippen LogP contribution in [0.1, 0.15) is 71.8 Å². The molecule has 1 nitrogen and oxygen atoms in total. The van der Waals surface area contributed by atoms with Crippen molar-refractivity contribution >= 4 is 27.8 Å². The summed E-state index contributed by atoms with van der Waals surface area (Å²) in [5, 5.41) is 1.79. The van der Waals surface area contributed by atoms with Crippen LogP contribution in [0.2, 0.25) is 0 Å². The molecule has 0 amide bonds. The molecule has 1 spiro atoms. The normalized spacial score (nSPS) is 18.6. The first-order valence-corrected chi connectivity index (χ1v) is 20.7. The summed E-state index contributed by atoms with van der Waals surface area (Å²) in [4.78, 5) is 0.991. The molecule has 0 atom stereocenters. The van der Waals surface area contributed by atoms with Gasteiger partial charge in [0.25, 0.3) is 0 Å².